The van der Waals surface area contributed by atoms with E-state index in [0.29, 0.717) is 31.7 Å². The molecule has 0 atom stereocenters. The Morgan fingerprint density at radius 1 is 0.906 bits per heavy atom. The first kappa shape index (κ1) is 20.1. The Morgan fingerprint density at radius 2 is 1.62 bits per heavy atom. The van der Waals surface area contributed by atoms with E-state index in [2.05, 4.69) is 20.3 Å². The van der Waals surface area contributed by atoms with Crippen LogP contribution in [0.1, 0.15) is 18.4 Å². The van der Waals surface area contributed by atoms with Crippen molar-refractivity contribution in [1.29, 1.82) is 0 Å². The van der Waals surface area contributed by atoms with Gasteiger partial charge in [-0.15, -0.1) is 0 Å². The fourth-order valence-electron chi connectivity index (χ4n) is 4.23. The molecular weight excluding hydrogens is 402 g/mol. The number of ether oxygens (including phenoxy) is 1. The molecule has 2 aromatic carbocycles. The molecule has 0 spiro atoms. The minimum atomic E-state index is -0.667. The normalized spacial score (nSPS) is 15.4. The van der Waals surface area contributed by atoms with Crippen LogP contribution in [0.3, 0.4) is 0 Å². The number of carbonyl (C=O) groups is 1. The summed E-state index contributed by atoms with van der Waals surface area (Å²) in [6.07, 6.45) is 6.33. The number of nitrogen functional groups attached to an aromatic ring is 1. The van der Waals surface area contributed by atoms with Gasteiger partial charge in [-0.1, -0.05) is 42.5 Å². The number of pyridine rings is 1. The van der Waals surface area contributed by atoms with Crippen molar-refractivity contribution in [2.75, 3.05) is 24.3 Å². The number of amides is 1. The minimum Gasteiger partial charge on any atom is -0.381 e. The van der Waals surface area contributed by atoms with E-state index in [1.807, 2.05) is 54.6 Å². The van der Waals surface area contributed by atoms with E-state index in [4.69, 9.17) is 10.5 Å². The Morgan fingerprint density at radius 3 is 2.38 bits per heavy atom. The van der Waals surface area contributed by atoms with Gasteiger partial charge in [0.25, 0.3) is 0 Å². The molecule has 1 saturated heterocycles. The number of carbonyl (C=O) groups excluding carboxylic acids is 1. The molecule has 1 fully saturated rings. The summed E-state index contributed by atoms with van der Waals surface area (Å²) in [5, 5.41) is 4.09. The van der Waals surface area contributed by atoms with Gasteiger partial charge in [0.05, 0.1) is 22.8 Å². The average Bonchev–Trinajstić information content (AvgIpc) is 2.85. The minimum absolute atomic E-state index is 0.0403. The van der Waals surface area contributed by atoms with Crippen LogP contribution >= 0.6 is 0 Å². The van der Waals surface area contributed by atoms with Gasteiger partial charge in [-0.2, -0.15) is 0 Å². The average molecular weight is 425 g/mol. The topological polar surface area (TPSA) is 103 Å². The third kappa shape index (κ3) is 3.78. The first-order valence-corrected chi connectivity index (χ1v) is 10.6. The first-order chi connectivity index (χ1) is 15.6. The number of nitrogens with two attached hydrogens (primary N) is 1. The number of para-hydroxylation sites is 1. The Kier molecular flexibility index (Phi) is 5.25. The van der Waals surface area contributed by atoms with E-state index in [9.17, 15) is 4.79 Å². The van der Waals surface area contributed by atoms with Crippen molar-refractivity contribution in [1.82, 2.24) is 15.0 Å². The van der Waals surface area contributed by atoms with Crippen molar-refractivity contribution in [2.24, 2.45) is 0 Å². The molecule has 0 aliphatic carbocycles. The zero-order valence-electron chi connectivity index (χ0n) is 17.5. The van der Waals surface area contributed by atoms with Gasteiger partial charge < -0.3 is 15.8 Å². The van der Waals surface area contributed by atoms with Crippen molar-refractivity contribution in [2.45, 2.75) is 18.3 Å². The molecule has 0 radical (unpaired) electrons. The van der Waals surface area contributed by atoms with E-state index in [1.165, 1.54) is 0 Å². The van der Waals surface area contributed by atoms with Crippen LogP contribution in [0, 0.1) is 0 Å². The highest BCUT2D eigenvalue weighted by Crippen LogP contribution is 2.37. The molecule has 32 heavy (non-hydrogen) atoms. The van der Waals surface area contributed by atoms with Gasteiger partial charge in [0.2, 0.25) is 11.9 Å². The van der Waals surface area contributed by atoms with Crippen molar-refractivity contribution in [3.8, 4) is 11.1 Å². The highest BCUT2D eigenvalue weighted by molar-refractivity contribution is 6.00. The first-order valence-electron chi connectivity index (χ1n) is 10.6. The number of nitrogens with zero attached hydrogens (tertiary/aromatic N) is 3. The predicted octanol–water partition coefficient (Wildman–Crippen LogP) is 3.96. The third-order valence-electron chi connectivity index (χ3n) is 6.07. The van der Waals surface area contributed by atoms with Crippen molar-refractivity contribution >= 4 is 28.4 Å². The standard InChI is InChI=1S/C25H23N5O2/c26-24-28-14-19(15-29-24)17-5-7-20(8-6-17)25(9-11-32-12-10-25)23(31)30-21-13-18-3-1-2-4-22(18)27-16-21/h1-8,13-16H,9-12H2,(H,30,31)(H2,26,28,29). The van der Waals surface area contributed by atoms with Crippen LogP contribution in [0.2, 0.25) is 0 Å². The van der Waals surface area contributed by atoms with E-state index >= 15 is 0 Å². The largest absolute Gasteiger partial charge is 0.381 e. The van der Waals surface area contributed by atoms with Crippen LogP contribution < -0.4 is 11.1 Å². The SMILES string of the molecule is Nc1ncc(-c2ccc(C3(C(=O)Nc4cnc5ccccc5c4)CCOCC3)cc2)cn1. The molecule has 2 aromatic heterocycles. The summed E-state index contributed by atoms with van der Waals surface area (Å²) in [6, 6.07) is 17.8. The molecule has 7 nitrogen and oxygen atoms in total. The van der Waals surface area contributed by atoms with Crippen LogP contribution in [-0.2, 0) is 14.9 Å². The number of nitrogens with one attached hydrogen (secondary N) is 1. The van der Waals surface area contributed by atoms with Gasteiger partial charge in [0.15, 0.2) is 0 Å². The molecule has 0 unspecified atom stereocenters. The third-order valence-corrected chi connectivity index (χ3v) is 6.07. The Balaban J connectivity index is 1.44. The smallest absolute Gasteiger partial charge is 0.235 e. The number of benzene rings is 2. The molecule has 0 saturated carbocycles. The second-order valence-electron chi connectivity index (χ2n) is 7.97. The van der Waals surface area contributed by atoms with Crippen LogP contribution in [0.25, 0.3) is 22.0 Å². The molecule has 4 aromatic rings. The maximum atomic E-state index is 13.6. The van der Waals surface area contributed by atoms with Gasteiger partial charge in [0.1, 0.15) is 0 Å². The summed E-state index contributed by atoms with van der Waals surface area (Å²) >= 11 is 0. The summed E-state index contributed by atoms with van der Waals surface area (Å²) in [5.41, 5.74) is 9.31. The van der Waals surface area contributed by atoms with E-state index in [1.54, 1.807) is 18.6 Å². The summed E-state index contributed by atoms with van der Waals surface area (Å²) < 4.78 is 5.59. The number of hydrogen-bond acceptors (Lipinski definition) is 6. The maximum absolute atomic E-state index is 13.6. The van der Waals surface area contributed by atoms with Gasteiger partial charge in [-0.3, -0.25) is 9.78 Å². The lowest BCUT2D eigenvalue weighted by Crippen LogP contribution is -2.44. The van der Waals surface area contributed by atoms with Gasteiger partial charge >= 0.3 is 0 Å². The van der Waals surface area contributed by atoms with Crippen LogP contribution in [0.4, 0.5) is 11.6 Å². The van der Waals surface area contributed by atoms with Crippen molar-refractivity contribution in [3.63, 3.8) is 0 Å². The highest BCUT2D eigenvalue weighted by atomic mass is 16.5. The van der Waals surface area contributed by atoms with Crippen LogP contribution in [0.15, 0.2) is 73.2 Å². The van der Waals surface area contributed by atoms with Gasteiger partial charge in [-0.25, -0.2) is 9.97 Å². The summed E-state index contributed by atoms with van der Waals surface area (Å²) in [6.45, 7) is 1.08. The lowest BCUT2D eigenvalue weighted by atomic mass is 9.73. The van der Waals surface area contributed by atoms with Crippen molar-refractivity contribution < 1.29 is 9.53 Å². The lowest BCUT2D eigenvalue weighted by molar-refractivity contribution is -0.125. The zero-order chi connectivity index (χ0) is 22.0. The summed E-state index contributed by atoms with van der Waals surface area (Å²) in [7, 11) is 0. The fraction of sp³-hybridized carbons (Fsp3) is 0.200. The highest BCUT2D eigenvalue weighted by Gasteiger charge is 2.41. The summed E-state index contributed by atoms with van der Waals surface area (Å²) in [4.78, 5) is 26.2. The number of hydrogen-bond donors (Lipinski definition) is 2. The Labute approximate surface area is 185 Å². The molecule has 3 heterocycles. The van der Waals surface area contributed by atoms with Crippen molar-refractivity contribution in [3.05, 3.63) is 78.8 Å². The number of aromatic nitrogens is 3. The van der Waals surface area contributed by atoms with Crippen LogP contribution in [-0.4, -0.2) is 34.1 Å². The van der Waals surface area contributed by atoms with E-state index in [0.717, 1.165) is 27.6 Å². The predicted molar refractivity (Wildman–Crippen MR) is 124 cm³/mol. The van der Waals surface area contributed by atoms with Gasteiger partial charge in [-0.05, 0) is 36.1 Å². The second-order valence-corrected chi connectivity index (χ2v) is 7.97. The molecule has 7 heteroatoms. The Hall–Kier alpha value is -3.84. The Bertz CT molecular complexity index is 1250. The maximum Gasteiger partial charge on any atom is 0.235 e. The fourth-order valence-corrected chi connectivity index (χ4v) is 4.23. The second kappa shape index (κ2) is 8.36. The number of rotatable bonds is 4. The number of fused-ring (bicyclic) bond motifs is 1. The lowest BCUT2D eigenvalue weighted by Gasteiger charge is -2.36. The molecular formula is C25H23N5O2. The quantitative estimate of drug-likeness (QED) is 0.513. The number of anilines is 2. The molecule has 1 amide bonds. The molecule has 160 valence electrons. The molecule has 0 bridgehead atoms. The van der Waals surface area contributed by atoms with E-state index < -0.39 is 5.41 Å². The molecule has 1 aliphatic heterocycles. The molecule has 1 aliphatic rings. The van der Waals surface area contributed by atoms with E-state index in [-0.39, 0.29) is 11.9 Å². The summed E-state index contributed by atoms with van der Waals surface area (Å²) in [5.74, 6) is 0.202. The zero-order valence-corrected chi connectivity index (χ0v) is 17.5. The molecule has 3 N–H and O–H groups in total. The van der Waals surface area contributed by atoms with Crippen LogP contribution in [0.5, 0.6) is 0 Å². The van der Waals surface area contributed by atoms with Gasteiger partial charge in [0, 0.05) is 36.6 Å². The molecule has 5 rings (SSSR count). The monoisotopic (exact) mass is 425 g/mol.